The molecule has 6 heteroatoms. The highest BCUT2D eigenvalue weighted by Gasteiger charge is 2.13. The quantitative estimate of drug-likeness (QED) is 0.807. The summed E-state index contributed by atoms with van der Waals surface area (Å²) in [4.78, 5) is 12.3. The van der Waals surface area contributed by atoms with Crippen LogP contribution in [0.3, 0.4) is 0 Å². The highest BCUT2D eigenvalue weighted by molar-refractivity contribution is 7.90. The third kappa shape index (κ3) is 6.27. The van der Waals surface area contributed by atoms with Crippen molar-refractivity contribution >= 4 is 21.4 Å². The molecule has 0 aliphatic carbocycles. The molecule has 0 spiro atoms. The molecule has 118 valence electrons. The van der Waals surface area contributed by atoms with Crippen LogP contribution in [-0.4, -0.2) is 26.6 Å². The van der Waals surface area contributed by atoms with Gasteiger partial charge in [-0.15, -0.1) is 0 Å². The fourth-order valence-corrected chi connectivity index (χ4v) is 2.56. The van der Waals surface area contributed by atoms with Gasteiger partial charge in [0.2, 0.25) is 5.91 Å². The second-order valence-electron chi connectivity index (χ2n) is 5.60. The van der Waals surface area contributed by atoms with Gasteiger partial charge in [-0.05, 0) is 44.0 Å². The molecule has 2 atom stereocenters. The highest BCUT2D eigenvalue weighted by atomic mass is 32.2. The van der Waals surface area contributed by atoms with Crippen molar-refractivity contribution in [2.45, 2.75) is 44.0 Å². The maximum Gasteiger partial charge on any atom is 0.227 e. The van der Waals surface area contributed by atoms with Gasteiger partial charge in [0.05, 0.1) is 4.90 Å². The van der Waals surface area contributed by atoms with E-state index in [1.807, 2.05) is 13.8 Å². The fraction of sp³-hybridized carbons (Fsp3) is 0.533. The molecule has 1 aromatic carbocycles. The third-order valence-corrected chi connectivity index (χ3v) is 4.42. The summed E-state index contributed by atoms with van der Waals surface area (Å²) in [6, 6.07) is 6.34. The minimum absolute atomic E-state index is 0.0632. The molecule has 2 unspecified atom stereocenters. The van der Waals surface area contributed by atoms with Crippen molar-refractivity contribution in [3.05, 3.63) is 24.3 Å². The maximum atomic E-state index is 12.0. The number of carbonyl (C=O) groups excluding carboxylic acids is 1. The largest absolute Gasteiger partial charge is 0.328 e. The zero-order chi connectivity index (χ0) is 16.0. The molecular weight excluding hydrogens is 288 g/mol. The van der Waals surface area contributed by atoms with Crippen molar-refractivity contribution in [2.24, 2.45) is 11.7 Å². The van der Waals surface area contributed by atoms with Gasteiger partial charge >= 0.3 is 0 Å². The minimum Gasteiger partial charge on any atom is -0.328 e. The van der Waals surface area contributed by atoms with Gasteiger partial charge in [-0.25, -0.2) is 8.42 Å². The van der Waals surface area contributed by atoms with Crippen molar-refractivity contribution in [3.63, 3.8) is 0 Å². The Labute approximate surface area is 126 Å². The Balaban J connectivity index is 2.54. The zero-order valence-electron chi connectivity index (χ0n) is 12.8. The lowest BCUT2D eigenvalue weighted by Crippen LogP contribution is -2.21. The summed E-state index contributed by atoms with van der Waals surface area (Å²) in [6.45, 7) is 3.83. The van der Waals surface area contributed by atoms with Gasteiger partial charge in [-0.3, -0.25) is 4.79 Å². The molecule has 1 rings (SSSR count). The van der Waals surface area contributed by atoms with Crippen LogP contribution in [0.15, 0.2) is 29.2 Å². The van der Waals surface area contributed by atoms with Crippen LogP contribution in [0.1, 0.15) is 33.1 Å². The first-order valence-corrected chi connectivity index (χ1v) is 8.96. The number of amides is 1. The van der Waals surface area contributed by atoms with E-state index in [4.69, 9.17) is 5.73 Å². The Bertz CT molecular complexity index is 565. The summed E-state index contributed by atoms with van der Waals surface area (Å²) < 4.78 is 22.7. The van der Waals surface area contributed by atoms with E-state index in [2.05, 4.69) is 5.32 Å². The number of benzene rings is 1. The first-order valence-electron chi connectivity index (χ1n) is 7.06. The van der Waals surface area contributed by atoms with Gasteiger partial charge in [0.15, 0.2) is 9.84 Å². The summed E-state index contributed by atoms with van der Waals surface area (Å²) in [6.07, 6.45) is 3.76. The fourth-order valence-electron chi connectivity index (χ4n) is 1.93. The molecule has 0 aliphatic heterocycles. The molecule has 0 saturated carbocycles. The average molecular weight is 312 g/mol. The van der Waals surface area contributed by atoms with Crippen LogP contribution in [-0.2, 0) is 14.6 Å². The van der Waals surface area contributed by atoms with Gasteiger partial charge in [-0.2, -0.15) is 0 Å². The molecule has 0 radical (unpaired) electrons. The van der Waals surface area contributed by atoms with Crippen LogP contribution >= 0.6 is 0 Å². The highest BCUT2D eigenvalue weighted by Crippen LogP contribution is 2.16. The van der Waals surface area contributed by atoms with Crippen molar-refractivity contribution in [3.8, 4) is 0 Å². The molecule has 0 fully saturated rings. The lowest BCUT2D eigenvalue weighted by Gasteiger charge is -2.13. The molecule has 1 amide bonds. The summed E-state index contributed by atoms with van der Waals surface area (Å²) in [5, 5.41) is 2.79. The standard InChI is InChI=1S/C15H24N2O3S/c1-11(5-4-6-12(2)16)15(18)17-13-7-9-14(10-8-13)21(3,19)20/h7-12H,4-6,16H2,1-3H3,(H,17,18). The number of nitrogens with one attached hydrogen (secondary N) is 1. The van der Waals surface area contributed by atoms with Crippen molar-refractivity contribution in [1.82, 2.24) is 0 Å². The second kappa shape index (κ2) is 7.56. The predicted octanol–water partition coefficient (Wildman–Crippen LogP) is 2.18. The van der Waals surface area contributed by atoms with Gasteiger partial charge < -0.3 is 11.1 Å². The molecule has 0 heterocycles. The SMILES string of the molecule is CC(N)CCCC(C)C(=O)Nc1ccc(S(C)(=O)=O)cc1. The van der Waals surface area contributed by atoms with Gasteiger partial charge in [0, 0.05) is 23.9 Å². The van der Waals surface area contributed by atoms with Crippen LogP contribution in [0.4, 0.5) is 5.69 Å². The minimum atomic E-state index is -3.21. The van der Waals surface area contributed by atoms with Gasteiger partial charge in [-0.1, -0.05) is 13.3 Å². The summed E-state index contributed by atoms with van der Waals surface area (Å²) >= 11 is 0. The van der Waals surface area contributed by atoms with Crippen LogP contribution in [0.2, 0.25) is 0 Å². The van der Waals surface area contributed by atoms with E-state index in [1.165, 1.54) is 12.1 Å². The molecule has 3 N–H and O–H groups in total. The molecular formula is C15H24N2O3S. The number of carbonyl (C=O) groups is 1. The molecule has 5 nitrogen and oxygen atoms in total. The molecule has 1 aromatic rings. The Morgan fingerprint density at radius 2 is 1.76 bits per heavy atom. The van der Waals surface area contributed by atoms with Crippen molar-refractivity contribution < 1.29 is 13.2 Å². The molecule has 0 aromatic heterocycles. The number of hydrogen-bond donors (Lipinski definition) is 2. The van der Waals surface area contributed by atoms with E-state index in [1.54, 1.807) is 12.1 Å². The predicted molar refractivity (Wildman–Crippen MR) is 84.8 cm³/mol. The average Bonchev–Trinajstić information content (AvgIpc) is 2.37. The molecule has 0 bridgehead atoms. The van der Waals surface area contributed by atoms with E-state index in [0.717, 1.165) is 25.5 Å². The van der Waals surface area contributed by atoms with Gasteiger partial charge in [0.1, 0.15) is 0 Å². The second-order valence-corrected chi connectivity index (χ2v) is 7.61. The lowest BCUT2D eigenvalue weighted by molar-refractivity contribution is -0.119. The summed E-state index contributed by atoms with van der Waals surface area (Å²) in [7, 11) is -3.21. The van der Waals surface area contributed by atoms with Crippen molar-refractivity contribution in [1.29, 1.82) is 0 Å². The monoisotopic (exact) mass is 312 g/mol. The van der Waals surface area contributed by atoms with E-state index in [9.17, 15) is 13.2 Å². The maximum absolute atomic E-state index is 12.0. The van der Waals surface area contributed by atoms with Gasteiger partial charge in [0.25, 0.3) is 0 Å². The Kier molecular flexibility index (Phi) is 6.36. The number of anilines is 1. The summed E-state index contributed by atoms with van der Waals surface area (Å²) in [5.41, 5.74) is 6.28. The van der Waals surface area contributed by atoms with Crippen LogP contribution in [0.25, 0.3) is 0 Å². The lowest BCUT2D eigenvalue weighted by atomic mass is 10.0. The summed E-state index contributed by atoms with van der Waals surface area (Å²) in [5.74, 6) is -0.162. The van der Waals surface area contributed by atoms with E-state index in [-0.39, 0.29) is 22.8 Å². The Morgan fingerprint density at radius 3 is 2.24 bits per heavy atom. The topological polar surface area (TPSA) is 89.3 Å². The van der Waals surface area contributed by atoms with Crippen LogP contribution < -0.4 is 11.1 Å². The molecule has 0 saturated heterocycles. The smallest absolute Gasteiger partial charge is 0.227 e. The Morgan fingerprint density at radius 1 is 1.19 bits per heavy atom. The van der Waals surface area contributed by atoms with E-state index < -0.39 is 9.84 Å². The van der Waals surface area contributed by atoms with Crippen molar-refractivity contribution in [2.75, 3.05) is 11.6 Å². The first kappa shape index (κ1) is 17.7. The van der Waals surface area contributed by atoms with Crippen LogP contribution in [0, 0.1) is 5.92 Å². The molecule has 0 aliphatic rings. The zero-order valence-corrected chi connectivity index (χ0v) is 13.6. The Hall–Kier alpha value is -1.40. The van der Waals surface area contributed by atoms with E-state index >= 15 is 0 Å². The first-order chi connectivity index (χ1) is 9.70. The number of sulfone groups is 1. The molecule has 21 heavy (non-hydrogen) atoms. The van der Waals surface area contributed by atoms with E-state index in [0.29, 0.717) is 5.69 Å². The number of hydrogen-bond acceptors (Lipinski definition) is 4. The number of rotatable bonds is 7. The van der Waals surface area contributed by atoms with Crippen LogP contribution in [0.5, 0.6) is 0 Å². The normalized spacial score (nSPS) is 14.5. The third-order valence-electron chi connectivity index (χ3n) is 3.29. The number of nitrogens with two attached hydrogens (primary N) is 1.